The number of halogens is 1. The molecule has 0 atom stereocenters. The van der Waals surface area contributed by atoms with Crippen LogP contribution in [0, 0.1) is 5.82 Å². The van der Waals surface area contributed by atoms with Crippen LogP contribution in [0.15, 0.2) is 54.6 Å². The zero-order chi connectivity index (χ0) is 17.1. The zero-order valence-corrected chi connectivity index (χ0v) is 13.5. The summed E-state index contributed by atoms with van der Waals surface area (Å²) in [7, 11) is 3.31. The van der Waals surface area contributed by atoms with E-state index in [9.17, 15) is 9.18 Å². The predicted molar refractivity (Wildman–Crippen MR) is 90.5 cm³/mol. The lowest BCUT2D eigenvalue weighted by atomic mass is 10.1. The van der Waals surface area contributed by atoms with Gasteiger partial charge in [0.15, 0.2) is 0 Å². The maximum Gasteiger partial charge on any atom is 0.272 e. The number of methoxy groups -OCH3 is 1. The average Bonchev–Trinajstić information content (AvgIpc) is 2.62. The van der Waals surface area contributed by atoms with E-state index in [4.69, 9.17) is 4.74 Å². The molecular formula is C19H17FN2O2. The minimum Gasteiger partial charge on any atom is -0.497 e. The van der Waals surface area contributed by atoms with Gasteiger partial charge in [0.25, 0.3) is 5.91 Å². The first kappa shape index (κ1) is 15.9. The fraction of sp³-hybridized carbons (Fsp3) is 0.158. The minimum absolute atomic E-state index is 0.183. The molecular weight excluding hydrogens is 307 g/mol. The Morgan fingerprint density at radius 2 is 1.88 bits per heavy atom. The molecule has 122 valence electrons. The van der Waals surface area contributed by atoms with Crippen LogP contribution < -0.4 is 4.74 Å². The van der Waals surface area contributed by atoms with E-state index in [1.165, 1.54) is 12.1 Å². The molecule has 4 nitrogen and oxygen atoms in total. The first-order valence-electron chi connectivity index (χ1n) is 7.51. The van der Waals surface area contributed by atoms with Crippen LogP contribution in [0.2, 0.25) is 0 Å². The summed E-state index contributed by atoms with van der Waals surface area (Å²) in [4.78, 5) is 18.5. The number of nitrogens with zero attached hydrogens (tertiary/aromatic N) is 2. The van der Waals surface area contributed by atoms with Gasteiger partial charge in [-0.3, -0.25) is 4.79 Å². The third-order valence-corrected chi connectivity index (χ3v) is 3.80. The minimum atomic E-state index is -0.292. The number of rotatable bonds is 4. The highest BCUT2D eigenvalue weighted by Crippen LogP contribution is 2.20. The van der Waals surface area contributed by atoms with Crippen LogP contribution in [0.5, 0.6) is 5.75 Å². The molecule has 3 aromatic rings. The Balaban J connectivity index is 1.80. The van der Waals surface area contributed by atoms with E-state index in [1.54, 1.807) is 37.3 Å². The van der Waals surface area contributed by atoms with Crippen LogP contribution in [0.25, 0.3) is 10.9 Å². The number of fused-ring (bicyclic) bond motifs is 1. The van der Waals surface area contributed by atoms with Crippen LogP contribution in [-0.4, -0.2) is 29.9 Å². The number of hydrogen-bond donors (Lipinski definition) is 0. The number of pyridine rings is 1. The molecule has 3 rings (SSSR count). The molecule has 2 aromatic carbocycles. The number of benzene rings is 2. The lowest BCUT2D eigenvalue weighted by Gasteiger charge is -2.17. The van der Waals surface area contributed by atoms with Crippen LogP contribution in [0.1, 0.15) is 16.1 Å². The van der Waals surface area contributed by atoms with Crippen molar-refractivity contribution in [3.05, 3.63) is 71.7 Å². The van der Waals surface area contributed by atoms with Crippen LogP contribution in [0.4, 0.5) is 4.39 Å². The molecule has 0 aliphatic rings. The van der Waals surface area contributed by atoms with E-state index < -0.39 is 0 Å². The molecule has 0 bridgehead atoms. The summed E-state index contributed by atoms with van der Waals surface area (Å²) in [6.45, 7) is 0.390. The molecule has 0 unspecified atom stereocenters. The van der Waals surface area contributed by atoms with Crippen molar-refractivity contribution in [1.29, 1.82) is 0 Å². The summed E-state index contributed by atoms with van der Waals surface area (Å²) < 4.78 is 18.1. The van der Waals surface area contributed by atoms with Gasteiger partial charge in [0, 0.05) is 19.0 Å². The lowest BCUT2D eigenvalue weighted by Crippen LogP contribution is -2.27. The zero-order valence-electron chi connectivity index (χ0n) is 13.5. The van der Waals surface area contributed by atoms with Gasteiger partial charge in [-0.25, -0.2) is 9.37 Å². The summed E-state index contributed by atoms with van der Waals surface area (Å²) in [6, 6.07) is 15.2. The number of carbonyl (C=O) groups excluding carboxylic acids is 1. The molecule has 1 aromatic heterocycles. The molecule has 1 amide bonds. The Labute approximate surface area is 139 Å². The van der Waals surface area contributed by atoms with Crippen molar-refractivity contribution in [3.63, 3.8) is 0 Å². The first-order chi connectivity index (χ1) is 11.6. The van der Waals surface area contributed by atoms with E-state index in [1.807, 2.05) is 24.3 Å². The summed E-state index contributed by atoms with van der Waals surface area (Å²) in [5.41, 5.74) is 1.96. The fourth-order valence-electron chi connectivity index (χ4n) is 2.48. The second-order valence-electron chi connectivity index (χ2n) is 5.54. The first-order valence-corrected chi connectivity index (χ1v) is 7.51. The third kappa shape index (κ3) is 3.35. The molecule has 0 spiro atoms. The fourth-order valence-corrected chi connectivity index (χ4v) is 2.48. The van der Waals surface area contributed by atoms with E-state index in [0.29, 0.717) is 12.2 Å². The van der Waals surface area contributed by atoms with Gasteiger partial charge in [-0.15, -0.1) is 0 Å². The SMILES string of the molecule is COc1ccc2nc(C(=O)N(C)Cc3ccc(F)cc3)ccc2c1. The monoisotopic (exact) mass is 324 g/mol. The standard InChI is InChI=1S/C19H17FN2O2/c1-22(12-13-3-6-15(20)7-4-13)19(23)18-9-5-14-11-16(24-2)8-10-17(14)21-18/h3-11H,12H2,1-2H3. The molecule has 0 N–H and O–H groups in total. The third-order valence-electron chi connectivity index (χ3n) is 3.80. The number of amides is 1. The van der Waals surface area contributed by atoms with Crippen LogP contribution >= 0.6 is 0 Å². The van der Waals surface area contributed by atoms with Gasteiger partial charge in [0.2, 0.25) is 0 Å². The Morgan fingerprint density at radius 3 is 2.58 bits per heavy atom. The molecule has 0 aliphatic carbocycles. The molecule has 0 saturated carbocycles. The summed E-state index contributed by atoms with van der Waals surface area (Å²) in [5.74, 6) is 0.271. The summed E-state index contributed by atoms with van der Waals surface area (Å²) in [6.07, 6.45) is 0. The lowest BCUT2D eigenvalue weighted by molar-refractivity contribution is 0.0779. The normalized spacial score (nSPS) is 10.6. The van der Waals surface area contributed by atoms with Gasteiger partial charge >= 0.3 is 0 Å². The Bertz CT molecular complexity index is 878. The molecule has 1 heterocycles. The predicted octanol–water partition coefficient (Wildman–Crippen LogP) is 3.65. The Hall–Kier alpha value is -2.95. The van der Waals surface area contributed by atoms with Crippen molar-refractivity contribution in [3.8, 4) is 5.75 Å². The quantitative estimate of drug-likeness (QED) is 0.735. The highest BCUT2D eigenvalue weighted by atomic mass is 19.1. The molecule has 0 fully saturated rings. The van der Waals surface area contributed by atoms with Crippen molar-refractivity contribution in [1.82, 2.24) is 9.88 Å². The van der Waals surface area contributed by atoms with Gasteiger partial charge in [-0.2, -0.15) is 0 Å². The van der Waals surface area contributed by atoms with Crippen molar-refractivity contribution >= 4 is 16.8 Å². The van der Waals surface area contributed by atoms with Gasteiger partial charge in [-0.05, 0) is 42.0 Å². The molecule has 5 heteroatoms. The van der Waals surface area contributed by atoms with Gasteiger partial charge in [0.1, 0.15) is 17.3 Å². The molecule has 0 saturated heterocycles. The second-order valence-corrected chi connectivity index (χ2v) is 5.54. The average molecular weight is 324 g/mol. The van der Waals surface area contributed by atoms with E-state index in [0.717, 1.165) is 22.2 Å². The molecule has 24 heavy (non-hydrogen) atoms. The summed E-state index contributed by atoms with van der Waals surface area (Å²) in [5, 5.41) is 0.909. The molecule has 0 radical (unpaired) electrons. The number of ether oxygens (including phenoxy) is 1. The smallest absolute Gasteiger partial charge is 0.272 e. The van der Waals surface area contributed by atoms with Gasteiger partial charge in [0.05, 0.1) is 12.6 Å². The number of aromatic nitrogens is 1. The molecule has 0 aliphatic heterocycles. The second kappa shape index (κ2) is 6.66. The topological polar surface area (TPSA) is 42.4 Å². The van der Waals surface area contributed by atoms with Crippen LogP contribution in [-0.2, 0) is 6.54 Å². The van der Waals surface area contributed by atoms with Crippen molar-refractivity contribution in [2.75, 3.05) is 14.2 Å². The summed E-state index contributed by atoms with van der Waals surface area (Å²) >= 11 is 0. The van der Waals surface area contributed by atoms with Crippen molar-refractivity contribution < 1.29 is 13.9 Å². The largest absolute Gasteiger partial charge is 0.497 e. The Kier molecular flexibility index (Phi) is 4.42. The van der Waals surface area contributed by atoms with Crippen molar-refractivity contribution in [2.45, 2.75) is 6.54 Å². The highest BCUT2D eigenvalue weighted by Gasteiger charge is 2.14. The Morgan fingerprint density at radius 1 is 1.12 bits per heavy atom. The number of carbonyl (C=O) groups is 1. The number of hydrogen-bond acceptors (Lipinski definition) is 3. The maximum atomic E-state index is 13.0. The van der Waals surface area contributed by atoms with Gasteiger partial charge < -0.3 is 9.64 Å². The van der Waals surface area contributed by atoms with Crippen molar-refractivity contribution in [2.24, 2.45) is 0 Å². The maximum absolute atomic E-state index is 13.0. The van der Waals surface area contributed by atoms with Crippen LogP contribution in [0.3, 0.4) is 0 Å². The van der Waals surface area contributed by atoms with Gasteiger partial charge in [-0.1, -0.05) is 18.2 Å². The van der Waals surface area contributed by atoms with E-state index in [-0.39, 0.29) is 11.7 Å². The van der Waals surface area contributed by atoms with E-state index in [2.05, 4.69) is 4.98 Å². The highest BCUT2D eigenvalue weighted by molar-refractivity contribution is 5.94. The van der Waals surface area contributed by atoms with E-state index >= 15 is 0 Å².